The third-order valence-electron chi connectivity index (χ3n) is 4.16. The molecule has 3 rings (SSSR count). The summed E-state index contributed by atoms with van der Waals surface area (Å²) in [7, 11) is 1.34. The van der Waals surface area contributed by atoms with E-state index >= 15 is 0 Å². The Morgan fingerprint density at radius 2 is 2.08 bits per heavy atom. The lowest BCUT2D eigenvalue weighted by Crippen LogP contribution is -2.13. The van der Waals surface area contributed by atoms with Crippen molar-refractivity contribution in [2.45, 2.75) is 17.6 Å². The fourth-order valence-corrected chi connectivity index (χ4v) is 4.32. The van der Waals surface area contributed by atoms with Gasteiger partial charge in [0.1, 0.15) is 0 Å². The number of benzene rings is 1. The van der Waals surface area contributed by atoms with Crippen molar-refractivity contribution < 1.29 is 23.8 Å². The number of carboxylic acid groups (broad SMARTS) is 1. The number of hydrogen-bond donors (Lipinski definition) is 1. The van der Waals surface area contributed by atoms with Crippen molar-refractivity contribution in [3.8, 4) is 5.75 Å². The van der Waals surface area contributed by atoms with Gasteiger partial charge in [0.25, 0.3) is 5.91 Å². The second-order valence-corrected chi connectivity index (χ2v) is 7.66. The van der Waals surface area contributed by atoms with Crippen LogP contribution in [0.2, 0.25) is 0 Å². The minimum Gasteiger partial charge on any atom is -0.494 e. The summed E-state index contributed by atoms with van der Waals surface area (Å²) in [6.45, 7) is 1.67. The number of carboxylic acids is 1. The maximum Gasteiger partial charge on any atom is 0.307 e. The molecule has 0 unspecified atom stereocenters. The molecule has 0 amide bonds. The molecule has 2 aromatic heterocycles. The van der Waals surface area contributed by atoms with Crippen LogP contribution in [0.3, 0.4) is 0 Å². The van der Waals surface area contributed by atoms with E-state index in [0.717, 1.165) is 4.21 Å². The van der Waals surface area contributed by atoms with Crippen molar-refractivity contribution in [2.24, 2.45) is 0 Å². The molecule has 0 radical (unpaired) electrons. The van der Waals surface area contributed by atoms with Crippen LogP contribution < -0.4 is 4.74 Å². The van der Waals surface area contributed by atoms with Gasteiger partial charge >= 0.3 is 5.97 Å². The number of aromatic nitrogens is 1. The van der Waals surface area contributed by atoms with E-state index in [1.165, 1.54) is 46.9 Å². The molecule has 2 heterocycles. The van der Waals surface area contributed by atoms with Gasteiger partial charge < -0.3 is 9.84 Å². The first kappa shape index (κ1) is 18.5. The number of rotatable bonds is 5. The Morgan fingerprint density at radius 1 is 1.35 bits per heavy atom. The van der Waals surface area contributed by atoms with Crippen molar-refractivity contribution in [2.75, 3.05) is 13.4 Å². The molecule has 0 atom stereocenters. The number of carbonyl (C=O) groups is 2. The lowest BCUT2D eigenvalue weighted by Gasteiger charge is -2.07. The molecule has 136 valence electrons. The molecule has 1 N–H and O–H groups in total. The highest BCUT2D eigenvalue weighted by Gasteiger charge is 2.23. The number of nitrogens with zero attached hydrogens (tertiary/aromatic N) is 1. The van der Waals surface area contributed by atoms with Crippen LogP contribution in [0.5, 0.6) is 5.75 Å². The molecule has 0 aliphatic heterocycles. The summed E-state index contributed by atoms with van der Waals surface area (Å²) in [5, 5.41) is 11.5. The van der Waals surface area contributed by atoms with Gasteiger partial charge in [0.15, 0.2) is 11.6 Å². The predicted molar refractivity (Wildman–Crippen MR) is 100 cm³/mol. The molecule has 5 nitrogen and oxygen atoms in total. The molecule has 0 spiro atoms. The Hall–Kier alpha value is -2.32. The van der Waals surface area contributed by atoms with E-state index in [0.29, 0.717) is 27.7 Å². The molecule has 26 heavy (non-hydrogen) atoms. The molecule has 0 saturated heterocycles. The van der Waals surface area contributed by atoms with Gasteiger partial charge in [-0.05, 0) is 30.9 Å². The van der Waals surface area contributed by atoms with Crippen LogP contribution in [0, 0.1) is 12.7 Å². The summed E-state index contributed by atoms with van der Waals surface area (Å²) in [5.41, 5.74) is 1.77. The topological polar surface area (TPSA) is 68.5 Å². The maximum atomic E-state index is 14.3. The van der Waals surface area contributed by atoms with Crippen LogP contribution in [-0.2, 0) is 11.2 Å². The van der Waals surface area contributed by atoms with Crippen molar-refractivity contribution >= 4 is 45.9 Å². The molecule has 0 saturated carbocycles. The van der Waals surface area contributed by atoms with Gasteiger partial charge in [-0.2, -0.15) is 0 Å². The molecule has 0 bridgehead atoms. The standard InChI is InChI=1S/C18H16FNO4S2/c1-9-11(6-16(21)22)12-5-15(24-2)13(19)7-14(12)20(9)18(23)10-4-17(25-3)26-8-10/h4-5,7-8H,6H2,1-3H3,(H,21,22). The summed E-state index contributed by atoms with van der Waals surface area (Å²) < 4.78 is 21.6. The zero-order valence-electron chi connectivity index (χ0n) is 14.3. The van der Waals surface area contributed by atoms with Gasteiger partial charge in [0.2, 0.25) is 0 Å². The number of carbonyl (C=O) groups excluding carboxylic acids is 1. The third kappa shape index (κ3) is 3.10. The minimum absolute atomic E-state index is 0.00828. The highest BCUT2D eigenvalue weighted by Crippen LogP contribution is 2.33. The summed E-state index contributed by atoms with van der Waals surface area (Å²) >= 11 is 2.98. The normalized spacial score (nSPS) is 11.1. The van der Waals surface area contributed by atoms with E-state index < -0.39 is 11.8 Å². The number of fused-ring (bicyclic) bond motifs is 1. The first-order valence-electron chi connectivity index (χ1n) is 7.63. The second-order valence-electron chi connectivity index (χ2n) is 5.64. The molecular weight excluding hydrogens is 377 g/mol. The summed E-state index contributed by atoms with van der Waals surface area (Å²) in [6, 6.07) is 4.44. The van der Waals surface area contributed by atoms with E-state index in [-0.39, 0.29) is 18.1 Å². The van der Waals surface area contributed by atoms with Gasteiger partial charge in [-0.15, -0.1) is 23.1 Å². The Bertz CT molecular complexity index is 1020. The average Bonchev–Trinajstić information content (AvgIpc) is 3.17. The van der Waals surface area contributed by atoms with Crippen LogP contribution in [0.1, 0.15) is 21.6 Å². The second kappa shape index (κ2) is 7.13. The summed E-state index contributed by atoms with van der Waals surface area (Å²) in [5.74, 6) is -1.94. The van der Waals surface area contributed by atoms with Crippen LogP contribution in [0.4, 0.5) is 4.39 Å². The van der Waals surface area contributed by atoms with E-state index in [2.05, 4.69) is 0 Å². The number of ether oxygens (including phenoxy) is 1. The van der Waals surface area contributed by atoms with E-state index in [1.54, 1.807) is 18.4 Å². The highest BCUT2D eigenvalue weighted by atomic mass is 32.2. The van der Waals surface area contributed by atoms with Gasteiger partial charge in [0, 0.05) is 22.5 Å². The first-order chi connectivity index (χ1) is 12.4. The molecule has 1 aromatic carbocycles. The number of halogens is 1. The lowest BCUT2D eigenvalue weighted by molar-refractivity contribution is -0.136. The van der Waals surface area contributed by atoms with Crippen LogP contribution in [0.25, 0.3) is 10.9 Å². The molecule has 3 aromatic rings. The molecule has 0 aliphatic carbocycles. The quantitative estimate of drug-likeness (QED) is 0.658. The highest BCUT2D eigenvalue weighted by molar-refractivity contribution is 8.00. The molecule has 0 fully saturated rings. The van der Waals surface area contributed by atoms with Gasteiger partial charge in [0.05, 0.1) is 28.8 Å². The SMILES string of the molecule is COc1cc2c(CC(=O)O)c(C)n(C(=O)c3csc(SC)c3)c2cc1F. The van der Waals surface area contributed by atoms with E-state index in [9.17, 15) is 19.1 Å². The van der Waals surface area contributed by atoms with Crippen LogP contribution in [0.15, 0.2) is 27.8 Å². The zero-order chi connectivity index (χ0) is 19.0. The largest absolute Gasteiger partial charge is 0.494 e. The Kier molecular flexibility index (Phi) is 5.06. The Morgan fingerprint density at radius 3 is 2.65 bits per heavy atom. The monoisotopic (exact) mass is 393 g/mol. The number of thiophene rings is 1. The van der Waals surface area contributed by atoms with Crippen molar-refractivity contribution in [3.05, 3.63) is 46.2 Å². The van der Waals surface area contributed by atoms with E-state index in [1.807, 2.05) is 6.26 Å². The molecule has 0 aliphatic rings. The summed E-state index contributed by atoms with van der Waals surface area (Å²) in [6.07, 6.45) is 1.65. The van der Waals surface area contributed by atoms with Crippen molar-refractivity contribution in [1.82, 2.24) is 4.57 Å². The predicted octanol–water partition coefficient (Wildman–Crippen LogP) is 4.20. The van der Waals surface area contributed by atoms with Crippen LogP contribution >= 0.6 is 23.1 Å². The zero-order valence-corrected chi connectivity index (χ0v) is 16.0. The number of aliphatic carboxylic acids is 1. The Labute approximate surface area is 157 Å². The first-order valence-corrected chi connectivity index (χ1v) is 9.74. The van der Waals surface area contributed by atoms with Gasteiger partial charge in [-0.1, -0.05) is 0 Å². The minimum atomic E-state index is -1.02. The summed E-state index contributed by atoms with van der Waals surface area (Å²) in [4.78, 5) is 24.3. The average molecular weight is 393 g/mol. The Balaban J connectivity index is 2.26. The number of thioether (sulfide) groups is 1. The van der Waals surface area contributed by atoms with Crippen molar-refractivity contribution in [1.29, 1.82) is 0 Å². The molecule has 8 heteroatoms. The number of methoxy groups -OCH3 is 1. The van der Waals surface area contributed by atoms with E-state index in [4.69, 9.17) is 4.74 Å². The fourth-order valence-electron chi connectivity index (χ4n) is 2.94. The third-order valence-corrected chi connectivity index (χ3v) is 6.19. The van der Waals surface area contributed by atoms with Gasteiger partial charge in [-0.3, -0.25) is 14.2 Å². The smallest absolute Gasteiger partial charge is 0.307 e. The molecular formula is C18H16FNO4S2. The lowest BCUT2D eigenvalue weighted by atomic mass is 10.1. The number of hydrogen-bond acceptors (Lipinski definition) is 5. The van der Waals surface area contributed by atoms with Crippen LogP contribution in [-0.4, -0.2) is 34.9 Å². The maximum absolute atomic E-state index is 14.3. The fraction of sp³-hybridized carbons (Fsp3) is 0.222. The van der Waals surface area contributed by atoms with Gasteiger partial charge in [-0.25, -0.2) is 4.39 Å². The van der Waals surface area contributed by atoms with Crippen molar-refractivity contribution in [3.63, 3.8) is 0 Å².